The molecule has 0 radical (unpaired) electrons. The molecule has 0 atom stereocenters. The quantitative estimate of drug-likeness (QED) is 0.136. The van der Waals surface area contributed by atoms with Gasteiger partial charge in [0.1, 0.15) is 5.69 Å². The Balaban J connectivity index is 0.00000484. The van der Waals surface area contributed by atoms with Crippen molar-refractivity contribution in [3.63, 3.8) is 0 Å². The van der Waals surface area contributed by atoms with Crippen LogP contribution in [0.15, 0.2) is 29.3 Å². The van der Waals surface area contributed by atoms with Crippen molar-refractivity contribution in [3.8, 4) is 0 Å². The van der Waals surface area contributed by atoms with E-state index in [1.807, 2.05) is 6.92 Å². The first kappa shape index (κ1) is 21.4. The second-order valence-corrected chi connectivity index (χ2v) is 4.32. The van der Waals surface area contributed by atoms with Crippen LogP contribution in [-0.4, -0.2) is 50.8 Å². The van der Waals surface area contributed by atoms with Gasteiger partial charge in [-0.05, 0) is 13.0 Å². The van der Waals surface area contributed by atoms with E-state index in [-0.39, 0.29) is 29.7 Å². The predicted octanol–water partition coefficient (Wildman–Crippen LogP) is 1.83. The van der Waals surface area contributed by atoms with Crippen LogP contribution >= 0.6 is 24.0 Å². The molecule has 0 aliphatic rings. The maximum Gasteiger partial charge on any atom is 0.292 e. The van der Waals surface area contributed by atoms with E-state index in [1.165, 1.54) is 6.07 Å². The number of nitro benzene ring substituents is 1. The van der Waals surface area contributed by atoms with Crippen LogP contribution in [0.5, 0.6) is 0 Å². The van der Waals surface area contributed by atoms with E-state index < -0.39 is 4.92 Å². The first-order valence-corrected chi connectivity index (χ1v) is 7.18. The molecule has 0 saturated carbocycles. The largest absolute Gasteiger partial charge is 0.380 e. The summed E-state index contributed by atoms with van der Waals surface area (Å²) in [4.78, 5) is 14.6. The standard InChI is InChI=1S/C14H23N5O3.HI/c1-3-22-11-10-18-14(15-2)17-9-8-16-12-6-4-5-7-13(12)19(20)21;/h4-7,16H,3,8-11H2,1-2H3,(H2,15,17,18);1H. The normalized spacial score (nSPS) is 10.6. The minimum atomic E-state index is -0.399. The Bertz CT molecular complexity index is 499. The van der Waals surface area contributed by atoms with E-state index in [9.17, 15) is 10.1 Å². The third kappa shape index (κ3) is 8.55. The Morgan fingerprint density at radius 2 is 1.96 bits per heavy atom. The molecule has 8 nitrogen and oxygen atoms in total. The SMILES string of the molecule is CCOCCNC(=NC)NCCNc1ccccc1[N+](=O)[O-].I. The molecule has 1 aromatic rings. The smallest absolute Gasteiger partial charge is 0.292 e. The number of hydrogen-bond acceptors (Lipinski definition) is 5. The number of anilines is 1. The molecule has 0 bridgehead atoms. The second kappa shape index (κ2) is 12.9. The van der Waals surface area contributed by atoms with Gasteiger partial charge in [-0.3, -0.25) is 15.1 Å². The molecule has 23 heavy (non-hydrogen) atoms. The van der Waals surface area contributed by atoms with Crippen LogP contribution in [0.3, 0.4) is 0 Å². The highest BCUT2D eigenvalue weighted by Crippen LogP contribution is 2.22. The van der Waals surface area contributed by atoms with Crippen molar-refractivity contribution in [1.82, 2.24) is 10.6 Å². The fraction of sp³-hybridized carbons (Fsp3) is 0.500. The van der Waals surface area contributed by atoms with E-state index in [1.54, 1.807) is 25.2 Å². The number of benzene rings is 1. The molecule has 0 fully saturated rings. The number of ether oxygens (including phenoxy) is 1. The molecule has 0 amide bonds. The average Bonchev–Trinajstić information content (AvgIpc) is 2.53. The summed E-state index contributed by atoms with van der Waals surface area (Å²) < 4.78 is 5.23. The maximum absolute atomic E-state index is 10.9. The third-order valence-corrected chi connectivity index (χ3v) is 2.80. The minimum absolute atomic E-state index is 0. The van der Waals surface area contributed by atoms with Crippen LogP contribution in [0.1, 0.15) is 6.92 Å². The van der Waals surface area contributed by atoms with Gasteiger partial charge in [0.05, 0.1) is 11.5 Å². The van der Waals surface area contributed by atoms with Gasteiger partial charge < -0.3 is 20.7 Å². The predicted molar refractivity (Wildman–Crippen MR) is 103 cm³/mol. The highest BCUT2D eigenvalue weighted by Gasteiger charge is 2.11. The van der Waals surface area contributed by atoms with Crippen LogP contribution in [0.2, 0.25) is 0 Å². The summed E-state index contributed by atoms with van der Waals surface area (Å²) in [6.45, 7) is 5.04. The first-order chi connectivity index (χ1) is 10.7. The molecule has 0 saturated heterocycles. The Labute approximate surface area is 153 Å². The van der Waals surface area contributed by atoms with Crippen molar-refractivity contribution in [3.05, 3.63) is 34.4 Å². The maximum atomic E-state index is 10.9. The van der Waals surface area contributed by atoms with Gasteiger partial charge in [0.25, 0.3) is 5.69 Å². The molecule has 0 heterocycles. The lowest BCUT2D eigenvalue weighted by Gasteiger charge is -2.12. The number of guanidine groups is 1. The van der Waals surface area contributed by atoms with Crippen molar-refractivity contribution in [2.75, 3.05) is 45.2 Å². The summed E-state index contributed by atoms with van der Waals surface area (Å²) in [6.07, 6.45) is 0. The monoisotopic (exact) mass is 437 g/mol. The zero-order valence-electron chi connectivity index (χ0n) is 13.4. The van der Waals surface area contributed by atoms with Crippen LogP contribution in [0.4, 0.5) is 11.4 Å². The number of nitro groups is 1. The van der Waals surface area contributed by atoms with Gasteiger partial charge >= 0.3 is 0 Å². The zero-order chi connectivity index (χ0) is 16.2. The summed E-state index contributed by atoms with van der Waals surface area (Å²) in [7, 11) is 1.69. The molecule has 1 aromatic carbocycles. The van der Waals surface area contributed by atoms with Crippen molar-refractivity contribution in [2.24, 2.45) is 4.99 Å². The Hall–Kier alpha value is -1.62. The number of halogens is 1. The van der Waals surface area contributed by atoms with Crippen molar-refractivity contribution in [2.45, 2.75) is 6.92 Å². The van der Waals surface area contributed by atoms with Crippen molar-refractivity contribution in [1.29, 1.82) is 0 Å². The lowest BCUT2D eigenvalue weighted by atomic mass is 10.2. The molecular weight excluding hydrogens is 413 g/mol. The summed E-state index contributed by atoms with van der Waals surface area (Å²) in [5.74, 6) is 0.670. The molecule has 0 aliphatic carbocycles. The number of rotatable bonds is 9. The Morgan fingerprint density at radius 1 is 1.26 bits per heavy atom. The molecule has 1 rings (SSSR count). The first-order valence-electron chi connectivity index (χ1n) is 7.18. The van der Waals surface area contributed by atoms with Crippen LogP contribution in [0, 0.1) is 10.1 Å². The molecule has 0 unspecified atom stereocenters. The van der Waals surface area contributed by atoms with E-state index in [2.05, 4.69) is 20.9 Å². The fourth-order valence-electron chi connectivity index (χ4n) is 1.77. The summed E-state index contributed by atoms with van der Waals surface area (Å²) >= 11 is 0. The number of hydrogen-bond donors (Lipinski definition) is 3. The zero-order valence-corrected chi connectivity index (χ0v) is 15.7. The van der Waals surface area contributed by atoms with E-state index in [0.717, 1.165) is 0 Å². The van der Waals surface area contributed by atoms with E-state index in [4.69, 9.17) is 4.74 Å². The number of para-hydroxylation sites is 2. The van der Waals surface area contributed by atoms with Crippen LogP contribution in [0.25, 0.3) is 0 Å². The summed E-state index contributed by atoms with van der Waals surface area (Å²) in [5, 5.41) is 20.2. The summed E-state index contributed by atoms with van der Waals surface area (Å²) in [6, 6.07) is 6.57. The number of nitrogens with zero attached hydrogens (tertiary/aromatic N) is 2. The molecule has 9 heteroatoms. The van der Waals surface area contributed by atoms with E-state index >= 15 is 0 Å². The van der Waals surface area contributed by atoms with Gasteiger partial charge in [0.2, 0.25) is 0 Å². The van der Waals surface area contributed by atoms with Gasteiger partial charge in [0, 0.05) is 39.4 Å². The topological polar surface area (TPSA) is 101 Å². The Kier molecular flexibility index (Phi) is 12.0. The number of aliphatic imine (C=N–C) groups is 1. The van der Waals surface area contributed by atoms with Gasteiger partial charge in [-0.25, -0.2) is 0 Å². The van der Waals surface area contributed by atoms with Crippen molar-refractivity contribution >= 4 is 41.3 Å². The fourth-order valence-corrected chi connectivity index (χ4v) is 1.77. The molecule has 0 aliphatic heterocycles. The average molecular weight is 437 g/mol. The highest BCUT2D eigenvalue weighted by atomic mass is 127. The lowest BCUT2D eigenvalue weighted by molar-refractivity contribution is -0.384. The highest BCUT2D eigenvalue weighted by molar-refractivity contribution is 14.0. The molecular formula is C14H24IN5O3. The van der Waals surface area contributed by atoms with Gasteiger partial charge in [0.15, 0.2) is 5.96 Å². The van der Waals surface area contributed by atoms with Crippen molar-refractivity contribution < 1.29 is 9.66 Å². The number of nitrogens with one attached hydrogen (secondary N) is 3. The molecule has 0 spiro atoms. The van der Waals surface area contributed by atoms with E-state index in [0.29, 0.717) is 44.5 Å². The Morgan fingerprint density at radius 3 is 2.61 bits per heavy atom. The summed E-state index contributed by atoms with van der Waals surface area (Å²) in [5.41, 5.74) is 0.579. The second-order valence-electron chi connectivity index (χ2n) is 4.32. The van der Waals surface area contributed by atoms with Gasteiger partial charge in [-0.2, -0.15) is 0 Å². The minimum Gasteiger partial charge on any atom is -0.380 e. The van der Waals surface area contributed by atoms with Gasteiger partial charge in [-0.1, -0.05) is 12.1 Å². The third-order valence-electron chi connectivity index (χ3n) is 2.80. The molecule has 3 N–H and O–H groups in total. The lowest BCUT2D eigenvalue weighted by Crippen LogP contribution is -2.40. The molecule has 130 valence electrons. The van der Waals surface area contributed by atoms with Gasteiger partial charge in [-0.15, -0.1) is 24.0 Å². The molecule has 0 aromatic heterocycles. The van der Waals surface area contributed by atoms with Crippen LogP contribution in [-0.2, 0) is 4.74 Å². The van der Waals surface area contributed by atoms with Crippen LogP contribution < -0.4 is 16.0 Å².